The number of carbonyl (C=O) groups is 1. The van der Waals surface area contributed by atoms with E-state index >= 15 is 0 Å². The Labute approximate surface area is 125 Å². The van der Waals surface area contributed by atoms with Crippen molar-refractivity contribution in [3.8, 4) is 0 Å². The highest BCUT2D eigenvalue weighted by Gasteiger charge is 2.24. The molecule has 2 rings (SSSR count). The van der Waals surface area contributed by atoms with Crippen LogP contribution in [0.15, 0.2) is 21.5 Å². The molecular formula is C15H23N3O3. The molecule has 6 nitrogen and oxygen atoms in total. The Morgan fingerprint density at radius 2 is 2.24 bits per heavy atom. The molecule has 21 heavy (non-hydrogen) atoms. The average molecular weight is 293 g/mol. The topological polar surface area (TPSA) is 67.1 Å². The van der Waals surface area contributed by atoms with Gasteiger partial charge in [-0.05, 0) is 39.8 Å². The maximum Gasteiger partial charge on any atom is 0.410 e. The summed E-state index contributed by atoms with van der Waals surface area (Å²) < 4.78 is 10.9. The molecule has 116 valence electrons. The molecule has 1 aliphatic rings. The number of amides is 1. The molecule has 1 N–H and O–H groups in total. The van der Waals surface area contributed by atoms with E-state index in [1.54, 1.807) is 4.90 Å². The number of aliphatic imine (C=N–C) groups is 1. The van der Waals surface area contributed by atoms with Gasteiger partial charge in [-0.15, -0.1) is 0 Å². The minimum atomic E-state index is -0.481. The molecule has 0 bridgehead atoms. The summed E-state index contributed by atoms with van der Waals surface area (Å²) in [5, 5.41) is 3.21. The lowest BCUT2D eigenvalue weighted by atomic mass is 10.2. The predicted molar refractivity (Wildman–Crippen MR) is 80.4 cm³/mol. The Morgan fingerprint density at radius 3 is 2.86 bits per heavy atom. The van der Waals surface area contributed by atoms with Gasteiger partial charge in [-0.2, -0.15) is 0 Å². The second-order valence-corrected chi connectivity index (χ2v) is 6.10. The monoisotopic (exact) mass is 293 g/mol. The van der Waals surface area contributed by atoms with Crippen molar-refractivity contribution in [3.63, 3.8) is 0 Å². The third-order valence-electron chi connectivity index (χ3n) is 2.93. The van der Waals surface area contributed by atoms with Crippen molar-refractivity contribution in [2.24, 2.45) is 4.99 Å². The number of furan rings is 1. The molecule has 0 saturated carbocycles. The highest BCUT2D eigenvalue weighted by molar-refractivity contribution is 5.87. The van der Waals surface area contributed by atoms with Gasteiger partial charge in [-0.25, -0.2) is 4.79 Å². The molecule has 6 heteroatoms. The molecule has 1 amide bonds. The molecule has 0 radical (unpaired) electrons. The van der Waals surface area contributed by atoms with Crippen LogP contribution in [0.2, 0.25) is 0 Å². The van der Waals surface area contributed by atoms with Gasteiger partial charge in [0.05, 0.1) is 19.6 Å². The molecule has 0 aromatic carbocycles. The average Bonchev–Trinajstić information content (AvgIpc) is 2.81. The molecule has 0 atom stereocenters. The molecule has 1 aliphatic heterocycles. The maximum absolute atomic E-state index is 12.0. The Bertz CT molecular complexity index is 529. The summed E-state index contributed by atoms with van der Waals surface area (Å²) in [4.78, 5) is 18.1. The number of ether oxygens (including phenoxy) is 1. The van der Waals surface area contributed by atoms with E-state index in [2.05, 4.69) is 10.3 Å². The smallest absolute Gasteiger partial charge is 0.410 e. The molecule has 1 aromatic heterocycles. The quantitative estimate of drug-likeness (QED) is 0.908. The normalized spacial score (nSPS) is 15.6. The van der Waals surface area contributed by atoms with Crippen molar-refractivity contribution in [2.45, 2.75) is 39.8 Å². The summed E-state index contributed by atoms with van der Waals surface area (Å²) in [5.41, 5.74) is -0.481. The zero-order chi connectivity index (χ0) is 15.5. The van der Waals surface area contributed by atoms with Crippen molar-refractivity contribution in [2.75, 3.05) is 19.6 Å². The second-order valence-electron chi connectivity index (χ2n) is 6.10. The van der Waals surface area contributed by atoms with Crippen LogP contribution in [0.4, 0.5) is 4.79 Å². The van der Waals surface area contributed by atoms with Gasteiger partial charge in [0.1, 0.15) is 23.0 Å². The minimum Gasteiger partial charge on any atom is -0.465 e. The van der Waals surface area contributed by atoms with Gasteiger partial charge in [0.25, 0.3) is 0 Å². The molecule has 0 saturated heterocycles. The first-order chi connectivity index (χ1) is 9.83. The molecule has 0 aliphatic carbocycles. The first kappa shape index (κ1) is 15.4. The van der Waals surface area contributed by atoms with Crippen molar-refractivity contribution in [1.29, 1.82) is 0 Å². The van der Waals surface area contributed by atoms with E-state index in [4.69, 9.17) is 9.15 Å². The summed E-state index contributed by atoms with van der Waals surface area (Å²) in [6.07, 6.45) is -0.300. The van der Waals surface area contributed by atoms with E-state index in [0.717, 1.165) is 17.4 Å². The largest absolute Gasteiger partial charge is 0.465 e. The number of carbonyl (C=O) groups excluding carboxylic acids is 1. The number of hydrogen-bond acceptors (Lipinski definition) is 5. The number of rotatable bonds is 2. The van der Waals surface area contributed by atoms with Crippen LogP contribution in [-0.4, -0.2) is 42.1 Å². The van der Waals surface area contributed by atoms with E-state index in [1.807, 2.05) is 39.8 Å². The predicted octanol–water partition coefficient (Wildman–Crippen LogP) is 2.33. The van der Waals surface area contributed by atoms with E-state index in [0.29, 0.717) is 26.2 Å². The third-order valence-corrected chi connectivity index (χ3v) is 2.93. The van der Waals surface area contributed by atoms with Crippen molar-refractivity contribution < 1.29 is 13.9 Å². The molecule has 0 fully saturated rings. The van der Waals surface area contributed by atoms with Gasteiger partial charge >= 0.3 is 6.09 Å². The number of nitrogens with zero attached hydrogens (tertiary/aromatic N) is 2. The van der Waals surface area contributed by atoms with Crippen molar-refractivity contribution in [1.82, 2.24) is 10.2 Å². The van der Waals surface area contributed by atoms with Gasteiger partial charge in [0.2, 0.25) is 0 Å². The van der Waals surface area contributed by atoms with Gasteiger partial charge in [-0.3, -0.25) is 9.89 Å². The van der Waals surface area contributed by atoms with E-state index in [9.17, 15) is 4.79 Å². The van der Waals surface area contributed by atoms with Gasteiger partial charge in [0.15, 0.2) is 0 Å². The highest BCUT2D eigenvalue weighted by atomic mass is 16.6. The summed E-state index contributed by atoms with van der Waals surface area (Å²) >= 11 is 0. The van der Waals surface area contributed by atoms with Crippen molar-refractivity contribution in [3.05, 3.63) is 23.7 Å². The van der Waals surface area contributed by atoms with E-state index in [-0.39, 0.29) is 6.09 Å². The summed E-state index contributed by atoms with van der Waals surface area (Å²) in [7, 11) is 0. The zero-order valence-corrected chi connectivity index (χ0v) is 13.1. The Balaban J connectivity index is 1.85. The number of aryl methyl sites for hydroxylation is 1. The molecular weight excluding hydrogens is 270 g/mol. The number of hydrogen-bond donors (Lipinski definition) is 1. The van der Waals surface area contributed by atoms with E-state index < -0.39 is 5.60 Å². The van der Waals surface area contributed by atoms with E-state index in [1.165, 1.54) is 0 Å². The van der Waals surface area contributed by atoms with Crippen LogP contribution < -0.4 is 5.32 Å². The SMILES string of the molecule is Cc1ccc(CNC2=NCCN(C(=O)OC(C)(C)C)C2)o1. The Hall–Kier alpha value is -1.98. The number of nitrogens with one attached hydrogen (secondary N) is 1. The Morgan fingerprint density at radius 1 is 1.48 bits per heavy atom. The Kier molecular flexibility index (Phi) is 4.55. The van der Waals surface area contributed by atoms with Crippen LogP contribution in [0, 0.1) is 6.92 Å². The van der Waals surface area contributed by atoms with Crippen LogP contribution in [0.5, 0.6) is 0 Å². The van der Waals surface area contributed by atoms with Crippen LogP contribution in [0.1, 0.15) is 32.3 Å². The van der Waals surface area contributed by atoms with Crippen LogP contribution in [-0.2, 0) is 11.3 Å². The lowest BCUT2D eigenvalue weighted by molar-refractivity contribution is 0.0276. The fourth-order valence-corrected chi connectivity index (χ4v) is 1.98. The van der Waals surface area contributed by atoms with Crippen LogP contribution >= 0.6 is 0 Å². The summed E-state index contributed by atoms with van der Waals surface area (Å²) in [6.45, 7) is 9.66. The van der Waals surface area contributed by atoms with Crippen molar-refractivity contribution >= 4 is 11.9 Å². The minimum absolute atomic E-state index is 0.300. The van der Waals surface area contributed by atoms with Gasteiger partial charge in [0, 0.05) is 6.54 Å². The molecule has 2 heterocycles. The first-order valence-electron chi connectivity index (χ1n) is 7.14. The number of amidine groups is 1. The fraction of sp³-hybridized carbons (Fsp3) is 0.600. The molecule has 0 unspecified atom stereocenters. The second kappa shape index (κ2) is 6.20. The lowest BCUT2D eigenvalue weighted by Gasteiger charge is -2.29. The molecule has 1 aromatic rings. The molecule has 0 spiro atoms. The summed E-state index contributed by atoms with van der Waals surface area (Å²) in [5.74, 6) is 2.51. The third kappa shape index (κ3) is 4.81. The zero-order valence-electron chi connectivity index (χ0n) is 13.1. The van der Waals surface area contributed by atoms with Gasteiger partial charge in [-0.1, -0.05) is 0 Å². The summed E-state index contributed by atoms with van der Waals surface area (Å²) in [6, 6.07) is 3.85. The van der Waals surface area contributed by atoms with Crippen LogP contribution in [0.25, 0.3) is 0 Å². The fourth-order valence-electron chi connectivity index (χ4n) is 1.98. The standard InChI is InChI=1S/C15H23N3O3/c1-11-5-6-12(20-11)9-17-13-10-18(8-7-16-13)14(19)21-15(2,3)4/h5-6H,7-10H2,1-4H3,(H,16,17). The lowest BCUT2D eigenvalue weighted by Crippen LogP contribution is -2.47. The first-order valence-corrected chi connectivity index (χ1v) is 7.14. The van der Waals surface area contributed by atoms with Crippen LogP contribution in [0.3, 0.4) is 0 Å². The highest BCUT2D eigenvalue weighted by Crippen LogP contribution is 2.11. The maximum atomic E-state index is 12.0. The van der Waals surface area contributed by atoms with Gasteiger partial charge < -0.3 is 14.5 Å².